The van der Waals surface area contributed by atoms with Crippen molar-refractivity contribution < 1.29 is 14.3 Å². The number of likely N-dealkylation sites (tertiary alicyclic amines) is 1. The Labute approximate surface area is 172 Å². The molecule has 2 amide bonds. The minimum atomic E-state index is -0.304. The van der Waals surface area contributed by atoms with E-state index in [1.54, 1.807) is 13.3 Å². The second kappa shape index (κ2) is 9.54. The highest BCUT2D eigenvalue weighted by Gasteiger charge is 2.40. The van der Waals surface area contributed by atoms with Crippen molar-refractivity contribution in [2.24, 2.45) is 11.8 Å². The van der Waals surface area contributed by atoms with Gasteiger partial charge < -0.3 is 15.0 Å². The Kier molecular flexibility index (Phi) is 6.86. The Bertz CT molecular complexity index is 838. The number of nitrogens with one attached hydrogen (secondary N) is 1. The number of ether oxygens (including phenoxy) is 1. The van der Waals surface area contributed by atoms with Gasteiger partial charge >= 0.3 is 0 Å². The van der Waals surface area contributed by atoms with Gasteiger partial charge in [0.2, 0.25) is 11.8 Å². The van der Waals surface area contributed by atoms with Gasteiger partial charge in [-0.3, -0.25) is 14.6 Å². The molecule has 29 heavy (non-hydrogen) atoms. The van der Waals surface area contributed by atoms with Gasteiger partial charge in [0.25, 0.3) is 0 Å². The zero-order valence-corrected chi connectivity index (χ0v) is 17.3. The third kappa shape index (κ3) is 5.34. The molecule has 0 unspecified atom stereocenters. The number of nitrogens with zero attached hydrogens (tertiary/aromatic N) is 2. The molecular weight excluding hydrogens is 366 g/mol. The zero-order valence-electron chi connectivity index (χ0n) is 17.3. The first-order chi connectivity index (χ1) is 14.0. The third-order valence-electron chi connectivity index (χ3n) is 5.28. The van der Waals surface area contributed by atoms with Gasteiger partial charge in [0, 0.05) is 31.6 Å². The van der Waals surface area contributed by atoms with Crippen LogP contribution in [-0.4, -0.2) is 41.9 Å². The average molecular weight is 396 g/mol. The molecule has 1 aliphatic heterocycles. The molecule has 2 heterocycles. The van der Waals surface area contributed by atoms with Crippen molar-refractivity contribution in [2.45, 2.75) is 32.7 Å². The molecule has 2 atom stereocenters. The summed E-state index contributed by atoms with van der Waals surface area (Å²) in [7, 11) is 1.63. The van der Waals surface area contributed by atoms with Crippen LogP contribution in [0.25, 0.3) is 0 Å². The van der Waals surface area contributed by atoms with E-state index in [2.05, 4.69) is 10.3 Å². The first-order valence-electron chi connectivity index (χ1n) is 10.1. The Morgan fingerprint density at radius 1 is 1.21 bits per heavy atom. The Morgan fingerprint density at radius 2 is 2.03 bits per heavy atom. The van der Waals surface area contributed by atoms with Crippen LogP contribution >= 0.6 is 0 Å². The summed E-state index contributed by atoms with van der Waals surface area (Å²) < 4.78 is 5.35. The molecule has 3 rings (SSSR count). The summed E-state index contributed by atoms with van der Waals surface area (Å²) in [4.78, 5) is 31.8. The van der Waals surface area contributed by atoms with Gasteiger partial charge in [0.1, 0.15) is 5.75 Å². The summed E-state index contributed by atoms with van der Waals surface area (Å²) in [5.41, 5.74) is 1.83. The van der Waals surface area contributed by atoms with Gasteiger partial charge in [0.05, 0.1) is 25.3 Å². The fraction of sp³-hybridized carbons (Fsp3) is 0.435. The number of aromatic nitrogens is 1. The summed E-state index contributed by atoms with van der Waals surface area (Å²) in [6.07, 6.45) is 2.20. The van der Waals surface area contributed by atoms with Crippen LogP contribution in [0.15, 0.2) is 48.7 Å². The molecule has 1 aromatic heterocycles. The molecule has 1 saturated heterocycles. The molecule has 1 aromatic carbocycles. The van der Waals surface area contributed by atoms with Crippen LogP contribution in [0.2, 0.25) is 0 Å². The van der Waals surface area contributed by atoms with Crippen molar-refractivity contribution in [1.29, 1.82) is 0 Å². The smallest absolute Gasteiger partial charge is 0.225 e. The predicted molar refractivity (Wildman–Crippen MR) is 111 cm³/mol. The van der Waals surface area contributed by atoms with Crippen LogP contribution in [0.4, 0.5) is 0 Å². The molecule has 154 valence electrons. The van der Waals surface area contributed by atoms with Crippen molar-refractivity contribution in [1.82, 2.24) is 15.2 Å². The third-order valence-corrected chi connectivity index (χ3v) is 5.28. The fourth-order valence-electron chi connectivity index (χ4n) is 3.77. The summed E-state index contributed by atoms with van der Waals surface area (Å²) in [6.45, 7) is 5.41. The molecule has 6 nitrogen and oxygen atoms in total. The topological polar surface area (TPSA) is 71.5 Å². The molecule has 0 saturated carbocycles. The van der Waals surface area contributed by atoms with E-state index in [1.165, 1.54) is 0 Å². The van der Waals surface area contributed by atoms with E-state index in [0.717, 1.165) is 17.0 Å². The van der Waals surface area contributed by atoms with E-state index >= 15 is 0 Å². The molecule has 0 aliphatic carbocycles. The van der Waals surface area contributed by atoms with E-state index in [9.17, 15) is 9.59 Å². The number of carbonyl (C=O) groups is 2. The minimum Gasteiger partial charge on any atom is -0.497 e. The van der Waals surface area contributed by atoms with E-state index in [4.69, 9.17) is 4.74 Å². The van der Waals surface area contributed by atoms with Crippen LogP contribution in [0.5, 0.6) is 5.75 Å². The molecule has 0 radical (unpaired) electrons. The van der Waals surface area contributed by atoms with Gasteiger partial charge in [-0.25, -0.2) is 0 Å². The maximum Gasteiger partial charge on any atom is 0.225 e. The molecule has 1 N–H and O–H groups in total. The minimum absolute atomic E-state index is 0.0525. The molecule has 2 aromatic rings. The van der Waals surface area contributed by atoms with Gasteiger partial charge in [-0.2, -0.15) is 0 Å². The van der Waals surface area contributed by atoms with Crippen molar-refractivity contribution >= 4 is 11.8 Å². The normalized spacial score (nSPS) is 18.7. The Hall–Kier alpha value is -2.89. The second-order valence-electron chi connectivity index (χ2n) is 7.93. The van der Waals surface area contributed by atoms with Crippen molar-refractivity contribution in [3.05, 3.63) is 59.9 Å². The maximum atomic E-state index is 13.0. The second-order valence-corrected chi connectivity index (χ2v) is 7.93. The number of methoxy groups -OCH3 is 1. The Balaban J connectivity index is 1.77. The standard InChI is InChI=1S/C23H29N3O3/c1-16(2)11-22(27)26-14-20(17-7-6-9-19(12-17)29-3)21(15-26)23(28)25-13-18-8-4-5-10-24-18/h4-10,12,16,20-21H,11,13-15H2,1-3H3,(H,25,28)/t20-,21-/m0/s1. The largest absolute Gasteiger partial charge is 0.497 e. The molecular formula is C23H29N3O3. The van der Waals surface area contributed by atoms with Crippen LogP contribution in [0, 0.1) is 11.8 Å². The highest BCUT2D eigenvalue weighted by molar-refractivity contribution is 5.83. The SMILES string of the molecule is COc1cccc([C@@H]2CN(C(=O)CC(C)C)C[C@@H]2C(=O)NCc2ccccn2)c1. The molecule has 6 heteroatoms. The van der Waals surface area contributed by atoms with Crippen LogP contribution < -0.4 is 10.1 Å². The number of carbonyl (C=O) groups excluding carboxylic acids is 2. The first kappa shape index (κ1) is 20.8. The van der Waals surface area contributed by atoms with Crippen molar-refractivity contribution in [3.8, 4) is 5.75 Å². The Morgan fingerprint density at radius 3 is 2.72 bits per heavy atom. The highest BCUT2D eigenvalue weighted by atomic mass is 16.5. The number of hydrogen-bond donors (Lipinski definition) is 1. The van der Waals surface area contributed by atoms with Crippen LogP contribution in [0.3, 0.4) is 0 Å². The van der Waals surface area contributed by atoms with Gasteiger partial charge in [0.15, 0.2) is 0 Å². The molecule has 1 fully saturated rings. The van der Waals surface area contributed by atoms with Gasteiger partial charge in [-0.15, -0.1) is 0 Å². The number of benzene rings is 1. The summed E-state index contributed by atoms with van der Waals surface area (Å²) in [6, 6.07) is 13.4. The van der Waals surface area contributed by atoms with Gasteiger partial charge in [-0.1, -0.05) is 32.0 Å². The average Bonchev–Trinajstić information content (AvgIpc) is 3.18. The lowest BCUT2D eigenvalue weighted by molar-refractivity contribution is -0.131. The predicted octanol–water partition coefficient (Wildman–Crippen LogP) is 2.99. The lowest BCUT2D eigenvalue weighted by Crippen LogP contribution is -2.35. The van der Waals surface area contributed by atoms with Crippen LogP contribution in [-0.2, 0) is 16.1 Å². The number of rotatable bonds is 7. The van der Waals surface area contributed by atoms with E-state index in [-0.39, 0.29) is 29.6 Å². The monoisotopic (exact) mass is 395 g/mol. The number of pyridine rings is 1. The lowest BCUT2D eigenvalue weighted by atomic mass is 9.88. The van der Waals surface area contributed by atoms with Crippen molar-refractivity contribution in [2.75, 3.05) is 20.2 Å². The number of hydrogen-bond acceptors (Lipinski definition) is 4. The van der Waals surface area contributed by atoms with E-state index in [1.807, 2.05) is 61.2 Å². The summed E-state index contributed by atoms with van der Waals surface area (Å²) in [5, 5.41) is 3.00. The summed E-state index contributed by atoms with van der Waals surface area (Å²) >= 11 is 0. The van der Waals surface area contributed by atoms with E-state index in [0.29, 0.717) is 26.1 Å². The van der Waals surface area contributed by atoms with Crippen molar-refractivity contribution in [3.63, 3.8) is 0 Å². The molecule has 1 aliphatic rings. The van der Waals surface area contributed by atoms with Gasteiger partial charge in [-0.05, 0) is 35.7 Å². The summed E-state index contributed by atoms with van der Waals surface area (Å²) in [5.74, 6) is 0.722. The molecule has 0 bridgehead atoms. The quantitative estimate of drug-likeness (QED) is 0.782. The zero-order chi connectivity index (χ0) is 20.8. The molecule has 0 spiro atoms. The highest BCUT2D eigenvalue weighted by Crippen LogP contribution is 2.35. The van der Waals surface area contributed by atoms with E-state index < -0.39 is 0 Å². The van der Waals surface area contributed by atoms with Crippen LogP contribution in [0.1, 0.15) is 37.4 Å². The maximum absolute atomic E-state index is 13.0. The number of amides is 2. The fourth-order valence-corrected chi connectivity index (χ4v) is 3.77. The lowest BCUT2D eigenvalue weighted by Gasteiger charge is -2.18. The first-order valence-corrected chi connectivity index (χ1v) is 10.1.